The molecule has 22 heavy (non-hydrogen) atoms. The van der Waals surface area contributed by atoms with Crippen LogP contribution in [0.3, 0.4) is 0 Å². The highest BCUT2D eigenvalue weighted by molar-refractivity contribution is 7.99. The highest BCUT2D eigenvalue weighted by atomic mass is 32.2. The average Bonchev–Trinajstić information content (AvgIpc) is 3.39. The quantitative estimate of drug-likeness (QED) is 0.850. The van der Waals surface area contributed by atoms with Gasteiger partial charge in [0, 0.05) is 24.7 Å². The Labute approximate surface area is 135 Å². The number of amides is 1. The zero-order valence-electron chi connectivity index (χ0n) is 12.5. The minimum absolute atomic E-state index is 0.0813. The van der Waals surface area contributed by atoms with Crippen LogP contribution in [-0.2, 0) is 17.1 Å². The van der Waals surface area contributed by atoms with E-state index in [-0.39, 0.29) is 5.91 Å². The van der Waals surface area contributed by atoms with Crippen LogP contribution in [-0.4, -0.2) is 16.6 Å². The monoisotopic (exact) mass is 312 g/mol. The van der Waals surface area contributed by atoms with Crippen LogP contribution in [0.25, 0.3) is 0 Å². The molecule has 1 aliphatic rings. The van der Waals surface area contributed by atoms with Crippen LogP contribution in [0, 0.1) is 0 Å². The molecule has 0 unspecified atom stereocenters. The summed E-state index contributed by atoms with van der Waals surface area (Å²) < 4.78 is 0. The summed E-state index contributed by atoms with van der Waals surface area (Å²) in [5.41, 5.74) is 3.65. The summed E-state index contributed by atoms with van der Waals surface area (Å²) in [4.78, 5) is 16.2. The molecule has 1 heterocycles. The number of carbonyl (C=O) groups is 1. The number of carbonyl (C=O) groups excluding carboxylic acids is 1. The van der Waals surface area contributed by atoms with E-state index in [2.05, 4.69) is 28.5 Å². The predicted molar refractivity (Wildman–Crippen MR) is 90.7 cm³/mol. The fourth-order valence-electron chi connectivity index (χ4n) is 2.33. The summed E-state index contributed by atoms with van der Waals surface area (Å²) in [5, 5.41) is 2.97. The normalized spacial score (nSPS) is 13.8. The van der Waals surface area contributed by atoms with Crippen molar-refractivity contribution in [3.05, 3.63) is 65.5 Å². The first kappa shape index (κ1) is 15.1. The van der Waals surface area contributed by atoms with Crippen molar-refractivity contribution in [1.82, 2.24) is 10.3 Å². The number of thioether (sulfide) groups is 1. The highest BCUT2D eigenvalue weighted by Gasteiger charge is 2.23. The standard InChI is InChI=1S/C18H20N2OS/c21-18(13-22-12-14-4-2-1-3-5-14)20-10-15-8-17(11-19-9-15)16-6-7-16/h1-5,8-9,11,16H,6-7,10,12-13H2,(H,20,21). The van der Waals surface area contributed by atoms with Crippen LogP contribution >= 0.6 is 11.8 Å². The van der Waals surface area contributed by atoms with Gasteiger partial charge in [-0.2, -0.15) is 0 Å². The molecule has 1 aromatic heterocycles. The molecule has 1 aromatic carbocycles. The Balaban J connectivity index is 1.39. The third kappa shape index (κ3) is 4.60. The van der Waals surface area contributed by atoms with Gasteiger partial charge in [-0.05, 0) is 35.4 Å². The van der Waals surface area contributed by atoms with Crippen molar-refractivity contribution in [2.75, 3.05) is 5.75 Å². The largest absolute Gasteiger partial charge is 0.351 e. The van der Waals surface area contributed by atoms with E-state index in [9.17, 15) is 4.79 Å². The second kappa shape index (κ2) is 7.45. The summed E-state index contributed by atoms with van der Waals surface area (Å²) in [6.07, 6.45) is 6.32. The van der Waals surface area contributed by atoms with E-state index in [4.69, 9.17) is 0 Å². The van der Waals surface area contributed by atoms with Gasteiger partial charge in [-0.3, -0.25) is 9.78 Å². The van der Waals surface area contributed by atoms with Crippen molar-refractivity contribution in [2.45, 2.75) is 31.1 Å². The van der Waals surface area contributed by atoms with Crippen molar-refractivity contribution in [3.8, 4) is 0 Å². The van der Waals surface area contributed by atoms with Crippen molar-refractivity contribution in [1.29, 1.82) is 0 Å². The average molecular weight is 312 g/mol. The van der Waals surface area contributed by atoms with E-state index < -0.39 is 0 Å². The van der Waals surface area contributed by atoms with E-state index in [1.807, 2.05) is 30.6 Å². The van der Waals surface area contributed by atoms with Crippen LogP contribution in [0.2, 0.25) is 0 Å². The smallest absolute Gasteiger partial charge is 0.230 e. The van der Waals surface area contributed by atoms with Crippen LogP contribution in [0.1, 0.15) is 35.4 Å². The Morgan fingerprint density at radius 1 is 1.18 bits per heavy atom. The highest BCUT2D eigenvalue weighted by Crippen LogP contribution is 2.39. The number of nitrogens with one attached hydrogen (secondary N) is 1. The fraction of sp³-hybridized carbons (Fsp3) is 0.333. The van der Waals surface area contributed by atoms with Gasteiger partial charge in [0.1, 0.15) is 0 Å². The molecule has 4 heteroatoms. The molecule has 3 rings (SSSR count). The lowest BCUT2D eigenvalue weighted by molar-refractivity contribution is -0.118. The molecule has 1 aliphatic carbocycles. The van der Waals surface area contributed by atoms with Gasteiger partial charge in [-0.15, -0.1) is 11.8 Å². The number of hydrogen-bond acceptors (Lipinski definition) is 3. The Bertz CT molecular complexity index is 626. The summed E-state index contributed by atoms with van der Waals surface area (Å²) in [5.74, 6) is 2.14. The minimum Gasteiger partial charge on any atom is -0.351 e. The first-order valence-electron chi connectivity index (χ1n) is 7.63. The van der Waals surface area contributed by atoms with E-state index in [0.29, 0.717) is 18.2 Å². The summed E-state index contributed by atoms with van der Waals surface area (Å²) >= 11 is 1.64. The SMILES string of the molecule is O=C(CSCc1ccccc1)NCc1cncc(C2CC2)c1. The van der Waals surface area contributed by atoms with E-state index >= 15 is 0 Å². The molecule has 0 aliphatic heterocycles. The van der Waals surface area contributed by atoms with Gasteiger partial charge in [0.25, 0.3) is 0 Å². The van der Waals surface area contributed by atoms with Crippen molar-refractivity contribution < 1.29 is 4.79 Å². The molecule has 0 bridgehead atoms. The van der Waals surface area contributed by atoms with Gasteiger partial charge in [0.05, 0.1) is 5.75 Å². The van der Waals surface area contributed by atoms with Crippen molar-refractivity contribution in [2.24, 2.45) is 0 Å². The van der Waals surface area contributed by atoms with Crippen LogP contribution < -0.4 is 5.32 Å². The molecule has 1 N–H and O–H groups in total. The molecular weight excluding hydrogens is 292 g/mol. The number of benzene rings is 1. The zero-order valence-corrected chi connectivity index (χ0v) is 13.3. The summed E-state index contributed by atoms with van der Waals surface area (Å²) in [7, 11) is 0. The first-order valence-corrected chi connectivity index (χ1v) is 8.79. The maximum Gasteiger partial charge on any atom is 0.230 e. The van der Waals surface area contributed by atoms with Gasteiger partial charge < -0.3 is 5.32 Å². The van der Waals surface area contributed by atoms with Crippen molar-refractivity contribution in [3.63, 3.8) is 0 Å². The molecule has 114 valence electrons. The van der Waals surface area contributed by atoms with Gasteiger partial charge in [0.15, 0.2) is 0 Å². The number of hydrogen-bond donors (Lipinski definition) is 1. The van der Waals surface area contributed by atoms with Crippen molar-refractivity contribution >= 4 is 17.7 Å². The minimum atomic E-state index is 0.0813. The molecule has 1 amide bonds. The number of aromatic nitrogens is 1. The van der Waals surface area contributed by atoms with E-state index in [1.165, 1.54) is 24.0 Å². The first-order chi connectivity index (χ1) is 10.8. The lowest BCUT2D eigenvalue weighted by Gasteiger charge is -2.07. The Morgan fingerprint density at radius 3 is 2.77 bits per heavy atom. The maximum atomic E-state index is 11.9. The van der Waals surface area contributed by atoms with Gasteiger partial charge in [0.2, 0.25) is 5.91 Å². The predicted octanol–water partition coefficient (Wildman–Crippen LogP) is 3.51. The maximum absolute atomic E-state index is 11.9. The van der Waals surface area contributed by atoms with E-state index in [0.717, 1.165) is 11.3 Å². The number of nitrogens with zero attached hydrogens (tertiary/aromatic N) is 1. The Hall–Kier alpha value is -1.81. The molecule has 1 fully saturated rings. The van der Waals surface area contributed by atoms with Crippen LogP contribution in [0.5, 0.6) is 0 Å². The molecule has 2 aromatic rings. The molecule has 0 radical (unpaired) electrons. The Morgan fingerprint density at radius 2 is 2.00 bits per heavy atom. The summed E-state index contributed by atoms with van der Waals surface area (Å²) in [6, 6.07) is 12.4. The fourth-order valence-corrected chi connectivity index (χ4v) is 3.15. The third-order valence-electron chi connectivity index (χ3n) is 3.70. The molecular formula is C18H20N2OS. The third-order valence-corrected chi connectivity index (χ3v) is 4.70. The lowest BCUT2D eigenvalue weighted by atomic mass is 10.1. The molecule has 3 nitrogen and oxygen atoms in total. The van der Waals surface area contributed by atoms with Crippen LogP contribution in [0.15, 0.2) is 48.8 Å². The number of rotatable bonds is 7. The topological polar surface area (TPSA) is 42.0 Å². The van der Waals surface area contributed by atoms with Gasteiger partial charge in [-0.1, -0.05) is 36.4 Å². The molecule has 0 spiro atoms. The summed E-state index contributed by atoms with van der Waals surface area (Å²) in [6.45, 7) is 0.568. The molecule has 0 atom stereocenters. The number of pyridine rings is 1. The second-order valence-corrected chi connectivity index (χ2v) is 6.64. The lowest BCUT2D eigenvalue weighted by Crippen LogP contribution is -2.24. The Kier molecular flexibility index (Phi) is 5.11. The van der Waals surface area contributed by atoms with Gasteiger partial charge >= 0.3 is 0 Å². The van der Waals surface area contributed by atoms with Gasteiger partial charge in [-0.25, -0.2) is 0 Å². The molecule has 1 saturated carbocycles. The van der Waals surface area contributed by atoms with Crippen LogP contribution in [0.4, 0.5) is 0 Å². The molecule has 0 saturated heterocycles. The van der Waals surface area contributed by atoms with E-state index in [1.54, 1.807) is 11.8 Å². The second-order valence-electron chi connectivity index (χ2n) is 5.66. The zero-order chi connectivity index (χ0) is 15.2.